The van der Waals surface area contributed by atoms with Gasteiger partial charge in [-0.1, -0.05) is 12.0 Å². The molecule has 5 heteroatoms. The second kappa shape index (κ2) is 7.32. The quantitative estimate of drug-likeness (QED) is 0.731. The van der Waals surface area contributed by atoms with E-state index < -0.39 is 0 Å². The third-order valence-electron chi connectivity index (χ3n) is 5.39. The third-order valence-corrected chi connectivity index (χ3v) is 5.39. The lowest BCUT2D eigenvalue weighted by molar-refractivity contribution is 0.0789. The van der Waals surface area contributed by atoms with Crippen LogP contribution >= 0.6 is 24.8 Å². The van der Waals surface area contributed by atoms with Crippen molar-refractivity contribution in [1.82, 2.24) is 15.1 Å². The Balaban J connectivity index is 0.000000960. The van der Waals surface area contributed by atoms with Crippen molar-refractivity contribution in [2.45, 2.75) is 44.3 Å². The molecule has 3 heterocycles. The lowest BCUT2D eigenvalue weighted by Crippen LogP contribution is -2.66. The number of rotatable bonds is 1. The minimum absolute atomic E-state index is 0. The Morgan fingerprint density at radius 3 is 3.00 bits per heavy atom. The van der Waals surface area contributed by atoms with Crippen LogP contribution in [-0.2, 0) is 0 Å². The van der Waals surface area contributed by atoms with Crippen LogP contribution in [0, 0.1) is 12.3 Å². The molecule has 0 spiro atoms. The van der Waals surface area contributed by atoms with E-state index in [4.69, 9.17) is 6.42 Å². The number of nitrogens with one attached hydrogen (secondary N) is 1. The minimum Gasteiger partial charge on any atom is -0.343 e. The number of allylic oxidation sites excluding steroid dienone is 2. The summed E-state index contributed by atoms with van der Waals surface area (Å²) in [7, 11) is 0. The molecule has 3 unspecified atom stereocenters. The predicted molar refractivity (Wildman–Crippen MR) is 99.9 cm³/mol. The fraction of sp³-hybridized carbons (Fsp3) is 0.556. The molecule has 0 aromatic rings. The van der Waals surface area contributed by atoms with Crippen molar-refractivity contribution < 1.29 is 0 Å². The molecule has 3 nitrogen and oxygen atoms in total. The van der Waals surface area contributed by atoms with Gasteiger partial charge in [0.15, 0.2) is 0 Å². The maximum atomic E-state index is 5.61. The van der Waals surface area contributed by atoms with E-state index in [1.807, 2.05) is 0 Å². The predicted octanol–water partition coefficient (Wildman–Crippen LogP) is 2.70. The topological polar surface area (TPSA) is 18.5 Å². The van der Waals surface area contributed by atoms with Crippen LogP contribution in [0.25, 0.3) is 0 Å². The van der Waals surface area contributed by atoms with Gasteiger partial charge in [0.1, 0.15) is 0 Å². The standard InChI is InChI=1S/C18H23N3.2ClH/c1-3-9-20-10-8-19-17-13(2)12-21-15-7-5-4-6-14(15)11-16(21)18(17)20;;/h1,5,7,12,16-19H,4,6,8-11H2,2H3;2*1H. The highest BCUT2D eigenvalue weighted by Gasteiger charge is 2.46. The summed E-state index contributed by atoms with van der Waals surface area (Å²) in [4.78, 5) is 5.04. The summed E-state index contributed by atoms with van der Waals surface area (Å²) in [5.41, 5.74) is 4.53. The van der Waals surface area contributed by atoms with Crippen molar-refractivity contribution in [2.75, 3.05) is 19.6 Å². The lowest BCUT2D eigenvalue weighted by Gasteiger charge is -2.50. The van der Waals surface area contributed by atoms with Crippen molar-refractivity contribution in [3.63, 3.8) is 0 Å². The van der Waals surface area contributed by atoms with Crippen LogP contribution in [-0.4, -0.2) is 47.6 Å². The molecule has 0 aromatic carbocycles. The van der Waals surface area contributed by atoms with E-state index in [1.54, 1.807) is 5.57 Å². The molecule has 0 aromatic heterocycles. The Bertz CT molecular complexity index is 588. The lowest BCUT2D eigenvalue weighted by atomic mass is 9.86. The molecule has 0 amide bonds. The smallest absolute Gasteiger partial charge is 0.0603 e. The van der Waals surface area contributed by atoms with Gasteiger partial charge in [-0.25, -0.2) is 0 Å². The number of halogens is 2. The van der Waals surface area contributed by atoms with Gasteiger partial charge >= 0.3 is 0 Å². The summed E-state index contributed by atoms with van der Waals surface area (Å²) in [6, 6.07) is 1.50. The van der Waals surface area contributed by atoms with Crippen LogP contribution in [0.4, 0.5) is 0 Å². The van der Waals surface area contributed by atoms with Gasteiger partial charge in [0, 0.05) is 31.0 Å². The molecule has 0 radical (unpaired) electrons. The first kappa shape index (κ1) is 18.4. The van der Waals surface area contributed by atoms with E-state index in [0.29, 0.717) is 18.1 Å². The average molecular weight is 354 g/mol. The Hall–Kier alpha value is -0.920. The van der Waals surface area contributed by atoms with Gasteiger partial charge in [-0.05, 0) is 43.4 Å². The van der Waals surface area contributed by atoms with Crippen LogP contribution < -0.4 is 5.32 Å². The number of hydrogen-bond donors (Lipinski definition) is 1. The van der Waals surface area contributed by atoms with Gasteiger partial charge in [-0.3, -0.25) is 4.90 Å². The van der Waals surface area contributed by atoms with Crippen molar-refractivity contribution in [3.8, 4) is 12.3 Å². The number of piperazine rings is 1. The first-order chi connectivity index (χ1) is 10.3. The largest absolute Gasteiger partial charge is 0.343 e. The van der Waals surface area contributed by atoms with Gasteiger partial charge in [-0.15, -0.1) is 31.2 Å². The third kappa shape index (κ3) is 2.94. The number of fused-ring (bicyclic) bond motifs is 4. The zero-order chi connectivity index (χ0) is 14.4. The van der Waals surface area contributed by atoms with Crippen LogP contribution in [0.3, 0.4) is 0 Å². The van der Waals surface area contributed by atoms with E-state index in [9.17, 15) is 0 Å². The molecule has 4 rings (SSSR count). The van der Waals surface area contributed by atoms with E-state index in [0.717, 1.165) is 19.6 Å². The van der Waals surface area contributed by atoms with E-state index in [2.05, 4.69) is 46.3 Å². The molecule has 4 aliphatic rings. The summed E-state index contributed by atoms with van der Waals surface area (Å²) in [5.74, 6) is 2.86. The average Bonchev–Trinajstić information content (AvgIpc) is 2.87. The molecule has 3 aliphatic heterocycles. The molecule has 1 aliphatic carbocycles. The molecule has 126 valence electrons. The zero-order valence-electron chi connectivity index (χ0n) is 13.5. The number of hydrogen-bond acceptors (Lipinski definition) is 3. The first-order valence-corrected chi connectivity index (χ1v) is 8.05. The van der Waals surface area contributed by atoms with Crippen LogP contribution in [0.15, 0.2) is 35.2 Å². The van der Waals surface area contributed by atoms with E-state index in [1.165, 1.54) is 30.5 Å². The van der Waals surface area contributed by atoms with E-state index >= 15 is 0 Å². The van der Waals surface area contributed by atoms with Gasteiger partial charge in [-0.2, -0.15) is 0 Å². The van der Waals surface area contributed by atoms with Gasteiger partial charge in [0.25, 0.3) is 0 Å². The van der Waals surface area contributed by atoms with Crippen LogP contribution in [0.5, 0.6) is 0 Å². The highest BCUT2D eigenvalue weighted by atomic mass is 35.5. The Labute approximate surface area is 151 Å². The monoisotopic (exact) mass is 353 g/mol. The van der Waals surface area contributed by atoms with Gasteiger partial charge in [0.2, 0.25) is 0 Å². The second-order valence-corrected chi connectivity index (χ2v) is 6.58. The van der Waals surface area contributed by atoms with Crippen molar-refractivity contribution in [3.05, 3.63) is 35.2 Å². The normalized spacial score (nSPS) is 31.9. The van der Waals surface area contributed by atoms with E-state index in [-0.39, 0.29) is 24.8 Å². The molecule has 23 heavy (non-hydrogen) atoms. The molecule has 1 fully saturated rings. The minimum atomic E-state index is 0. The Morgan fingerprint density at radius 1 is 1.39 bits per heavy atom. The van der Waals surface area contributed by atoms with Crippen molar-refractivity contribution >= 4 is 24.8 Å². The Kier molecular flexibility index (Phi) is 5.86. The summed E-state index contributed by atoms with van der Waals surface area (Å²) < 4.78 is 0. The van der Waals surface area contributed by atoms with Gasteiger partial charge in [0.05, 0.1) is 18.6 Å². The molecular weight excluding hydrogens is 329 g/mol. The summed E-state index contributed by atoms with van der Waals surface area (Å²) >= 11 is 0. The molecular formula is C18H25Cl2N3. The molecule has 3 atom stereocenters. The fourth-order valence-electron chi connectivity index (χ4n) is 4.50. The van der Waals surface area contributed by atoms with Crippen molar-refractivity contribution in [1.29, 1.82) is 0 Å². The molecule has 0 bridgehead atoms. The number of nitrogens with zero attached hydrogens (tertiary/aromatic N) is 2. The Morgan fingerprint density at radius 2 is 2.22 bits per heavy atom. The zero-order valence-corrected chi connectivity index (χ0v) is 15.1. The summed E-state index contributed by atoms with van der Waals surface area (Å²) in [5, 5.41) is 3.71. The molecule has 1 N–H and O–H groups in total. The van der Waals surface area contributed by atoms with Crippen LogP contribution in [0.1, 0.15) is 26.2 Å². The first-order valence-electron chi connectivity index (χ1n) is 8.05. The molecule has 0 saturated carbocycles. The second-order valence-electron chi connectivity index (χ2n) is 6.58. The summed E-state index contributed by atoms with van der Waals surface area (Å²) in [6.07, 6.45) is 16.2. The maximum Gasteiger partial charge on any atom is 0.0603 e. The summed E-state index contributed by atoms with van der Waals surface area (Å²) in [6.45, 7) is 5.11. The SMILES string of the molecule is C#CCN1CCNC2C(C)=CN3C4=C(CCC=C4)CC3C21.Cl.Cl. The maximum absolute atomic E-state index is 5.61. The fourth-order valence-corrected chi connectivity index (χ4v) is 4.50. The van der Waals surface area contributed by atoms with Crippen LogP contribution in [0.2, 0.25) is 0 Å². The number of terminal acetylenes is 1. The highest BCUT2D eigenvalue weighted by Crippen LogP contribution is 2.42. The van der Waals surface area contributed by atoms with Gasteiger partial charge < -0.3 is 10.2 Å². The molecule has 1 saturated heterocycles. The van der Waals surface area contributed by atoms with Crippen molar-refractivity contribution in [2.24, 2.45) is 0 Å². The highest BCUT2D eigenvalue weighted by molar-refractivity contribution is 5.85.